The predicted octanol–water partition coefficient (Wildman–Crippen LogP) is 5.29. The van der Waals surface area contributed by atoms with Gasteiger partial charge in [0.15, 0.2) is 0 Å². The van der Waals surface area contributed by atoms with Crippen LogP contribution in [0.5, 0.6) is 0 Å². The molecule has 1 aromatic carbocycles. The van der Waals surface area contributed by atoms with Crippen LogP contribution in [0.4, 0.5) is 38.0 Å². The molecule has 12 heteroatoms. The Bertz CT molecular complexity index is 1010. The van der Waals surface area contributed by atoms with Gasteiger partial charge in [-0.15, -0.1) is 0 Å². The maximum Gasteiger partial charge on any atom is 0.416 e. The lowest BCUT2D eigenvalue weighted by Crippen LogP contribution is -2.34. The molecule has 1 aromatic heterocycles. The van der Waals surface area contributed by atoms with Crippen molar-refractivity contribution in [1.82, 2.24) is 15.3 Å². The predicted molar refractivity (Wildman–Crippen MR) is 119 cm³/mol. The van der Waals surface area contributed by atoms with Crippen molar-refractivity contribution in [3.8, 4) is 0 Å². The monoisotopic (exact) mass is 503 g/mol. The molecular weight excluding hydrogens is 476 g/mol. The van der Waals surface area contributed by atoms with Gasteiger partial charge in [0.1, 0.15) is 17.5 Å². The number of nitrogens with zero attached hydrogens (tertiary/aromatic N) is 3. The number of nitrogens with one attached hydrogen (secondary N) is 2. The summed E-state index contributed by atoms with van der Waals surface area (Å²) in [6.07, 6.45) is -6.97. The summed E-state index contributed by atoms with van der Waals surface area (Å²) in [6, 6.07) is 2.90. The number of aryl methyl sites for hydroxylation is 1. The SMILES string of the molecule is Cc1nc(N[C@H]2CC[C@@H](CNC(=O)c3cc(C(F)(F)F)cc(C(F)(F)F)c3)CC2)cc(N(C)C)n1. The fourth-order valence-corrected chi connectivity index (χ4v) is 4.00. The molecule has 2 aromatic rings. The van der Waals surface area contributed by atoms with Crippen LogP contribution in [-0.2, 0) is 12.4 Å². The molecule has 1 aliphatic carbocycles. The minimum atomic E-state index is -5.00. The number of alkyl halides is 6. The Balaban J connectivity index is 1.57. The molecule has 1 saturated carbocycles. The molecule has 35 heavy (non-hydrogen) atoms. The number of rotatable bonds is 6. The molecule has 1 heterocycles. The number of halogens is 6. The van der Waals surface area contributed by atoms with E-state index in [4.69, 9.17) is 0 Å². The van der Waals surface area contributed by atoms with Gasteiger partial charge in [0, 0.05) is 38.3 Å². The van der Waals surface area contributed by atoms with Gasteiger partial charge in [-0.2, -0.15) is 26.3 Å². The number of hydrogen-bond donors (Lipinski definition) is 2. The van der Waals surface area contributed by atoms with Crippen molar-refractivity contribution in [3.63, 3.8) is 0 Å². The summed E-state index contributed by atoms with van der Waals surface area (Å²) in [5, 5.41) is 5.89. The lowest BCUT2D eigenvalue weighted by Gasteiger charge is -2.29. The first-order valence-corrected chi connectivity index (χ1v) is 11.1. The van der Waals surface area contributed by atoms with E-state index in [0.717, 1.165) is 31.5 Å². The molecule has 0 spiro atoms. The van der Waals surface area contributed by atoms with Crippen molar-refractivity contribution in [1.29, 1.82) is 0 Å². The smallest absolute Gasteiger partial charge is 0.367 e. The summed E-state index contributed by atoms with van der Waals surface area (Å²) in [5.41, 5.74) is -3.69. The molecule has 0 bridgehead atoms. The van der Waals surface area contributed by atoms with E-state index in [1.807, 2.05) is 25.1 Å². The van der Waals surface area contributed by atoms with Crippen LogP contribution in [0.2, 0.25) is 0 Å². The van der Waals surface area contributed by atoms with Crippen LogP contribution in [0.15, 0.2) is 24.3 Å². The largest absolute Gasteiger partial charge is 0.416 e. The second kappa shape index (κ2) is 10.3. The zero-order chi connectivity index (χ0) is 26.0. The van der Waals surface area contributed by atoms with Gasteiger partial charge in [-0.05, 0) is 56.7 Å². The van der Waals surface area contributed by atoms with Crippen LogP contribution in [0.1, 0.15) is 53.0 Å². The van der Waals surface area contributed by atoms with Crippen molar-refractivity contribution in [2.24, 2.45) is 5.92 Å². The normalized spacial score (nSPS) is 18.8. The highest BCUT2D eigenvalue weighted by Crippen LogP contribution is 2.36. The van der Waals surface area contributed by atoms with Gasteiger partial charge >= 0.3 is 12.4 Å². The Hall–Kier alpha value is -3.05. The summed E-state index contributed by atoms with van der Waals surface area (Å²) < 4.78 is 78.2. The van der Waals surface area contributed by atoms with Crippen LogP contribution in [-0.4, -0.2) is 42.6 Å². The molecular formula is C23H27F6N5O. The summed E-state index contributed by atoms with van der Waals surface area (Å²) in [6.45, 7) is 1.97. The number of carbonyl (C=O) groups is 1. The van der Waals surface area contributed by atoms with E-state index in [9.17, 15) is 31.1 Å². The molecule has 6 nitrogen and oxygen atoms in total. The quantitative estimate of drug-likeness (QED) is 0.525. The highest BCUT2D eigenvalue weighted by Gasteiger charge is 2.37. The van der Waals surface area contributed by atoms with E-state index >= 15 is 0 Å². The molecule has 0 atom stereocenters. The topological polar surface area (TPSA) is 70.2 Å². The van der Waals surface area contributed by atoms with E-state index in [2.05, 4.69) is 20.6 Å². The van der Waals surface area contributed by atoms with Gasteiger partial charge in [0.2, 0.25) is 0 Å². The van der Waals surface area contributed by atoms with E-state index < -0.39 is 35.0 Å². The van der Waals surface area contributed by atoms with Gasteiger partial charge in [0.25, 0.3) is 5.91 Å². The Morgan fingerprint density at radius 1 is 0.943 bits per heavy atom. The zero-order valence-electron chi connectivity index (χ0n) is 19.5. The first-order chi connectivity index (χ1) is 16.2. The fraction of sp³-hybridized carbons (Fsp3) is 0.522. The molecule has 1 amide bonds. The molecule has 0 aliphatic heterocycles. The zero-order valence-corrected chi connectivity index (χ0v) is 19.5. The summed E-state index contributed by atoms with van der Waals surface area (Å²) in [5.74, 6) is 1.23. The minimum absolute atomic E-state index is 0.00565. The van der Waals surface area contributed by atoms with E-state index in [-0.39, 0.29) is 24.6 Å². The second-order valence-corrected chi connectivity index (χ2v) is 8.92. The Morgan fingerprint density at radius 3 is 2.03 bits per heavy atom. The molecule has 0 unspecified atom stereocenters. The summed E-state index contributed by atoms with van der Waals surface area (Å²) >= 11 is 0. The van der Waals surface area contributed by atoms with E-state index in [1.165, 1.54) is 0 Å². The van der Waals surface area contributed by atoms with Gasteiger partial charge in [0.05, 0.1) is 11.1 Å². The van der Waals surface area contributed by atoms with Crippen LogP contribution in [0.3, 0.4) is 0 Å². The van der Waals surface area contributed by atoms with Crippen molar-refractivity contribution >= 4 is 17.5 Å². The van der Waals surface area contributed by atoms with Gasteiger partial charge in [-0.25, -0.2) is 9.97 Å². The third kappa shape index (κ3) is 7.22. The average Bonchev–Trinajstić information content (AvgIpc) is 2.76. The number of amides is 1. The Morgan fingerprint density at radius 2 is 1.51 bits per heavy atom. The molecule has 3 rings (SSSR count). The summed E-state index contributed by atoms with van der Waals surface area (Å²) in [4.78, 5) is 23.0. The highest BCUT2D eigenvalue weighted by molar-refractivity contribution is 5.94. The van der Waals surface area contributed by atoms with Crippen molar-refractivity contribution in [2.45, 2.75) is 51.0 Å². The van der Waals surface area contributed by atoms with Crippen molar-refractivity contribution in [3.05, 3.63) is 46.8 Å². The van der Waals surface area contributed by atoms with Crippen molar-refractivity contribution < 1.29 is 31.1 Å². The lowest BCUT2D eigenvalue weighted by atomic mass is 9.86. The van der Waals surface area contributed by atoms with Gasteiger partial charge in [-0.3, -0.25) is 4.79 Å². The third-order valence-electron chi connectivity index (χ3n) is 5.88. The number of hydrogen-bond acceptors (Lipinski definition) is 5. The number of carbonyl (C=O) groups excluding carboxylic acids is 1. The van der Waals surface area contributed by atoms with E-state index in [1.54, 1.807) is 6.92 Å². The highest BCUT2D eigenvalue weighted by atomic mass is 19.4. The minimum Gasteiger partial charge on any atom is -0.367 e. The molecule has 0 radical (unpaired) electrons. The van der Waals surface area contributed by atoms with Gasteiger partial charge < -0.3 is 15.5 Å². The Labute approximate surface area is 199 Å². The first kappa shape index (κ1) is 26.6. The number of benzene rings is 1. The lowest BCUT2D eigenvalue weighted by molar-refractivity contribution is -0.143. The fourth-order valence-electron chi connectivity index (χ4n) is 4.00. The standard InChI is InChI=1S/C23H27F6N5O/c1-13-31-19(11-20(32-13)34(2)3)33-18-6-4-14(5-7-18)12-30-21(35)15-8-16(22(24,25)26)10-17(9-15)23(27,28)29/h8-11,14,18H,4-7,12H2,1-3H3,(H,30,35)(H,31,32,33)/t14-,18+. The molecule has 1 aliphatic rings. The molecule has 192 valence electrons. The van der Waals surface area contributed by atoms with Gasteiger partial charge in [-0.1, -0.05) is 0 Å². The number of anilines is 2. The molecule has 1 fully saturated rings. The second-order valence-electron chi connectivity index (χ2n) is 8.92. The number of aromatic nitrogens is 2. The van der Waals surface area contributed by atoms with Crippen LogP contribution >= 0.6 is 0 Å². The average molecular weight is 503 g/mol. The molecule has 0 saturated heterocycles. The van der Waals surface area contributed by atoms with E-state index in [0.29, 0.717) is 23.8 Å². The van der Waals surface area contributed by atoms with Crippen LogP contribution in [0, 0.1) is 12.8 Å². The maximum atomic E-state index is 13.0. The summed E-state index contributed by atoms with van der Waals surface area (Å²) in [7, 11) is 3.77. The Kier molecular flexibility index (Phi) is 7.80. The van der Waals surface area contributed by atoms with Crippen molar-refractivity contribution in [2.75, 3.05) is 30.9 Å². The molecule has 2 N–H and O–H groups in total. The van der Waals surface area contributed by atoms with Crippen LogP contribution < -0.4 is 15.5 Å². The third-order valence-corrected chi connectivity index (χ3v) is 5.88. The maximum absolute atomic E-state index is 13.0. The van der Waals surface area contributed by atoms with Crippen LogP contribution in [0.25, 0.3) is 0 Å². The first-order valence-electron chi connectivity index (χ1n) is 11.1.